The molecule has 1 aliphatic heterocycles. The highest BCUT2D eigenvalue weighted by atomic mass is 15.3. The summed E-state index contributed by atoms with van der Waals surface area (Å²) in [5.41, 5.74) is 8.27. The summed E-state index contributed by atoms with van der Waals surface area (Å²) in [7, 11) is 0. The lowest BCUT2D eigenvalue weighted by molar-refractivity contribution is 0.449. The first-order valence-electron chi connectivity index (χ1n) is 8.63. The Balaban J connectivity index is 1.97. The first-order valence-corrected chi connectivity index (χ1v) is 8.63. The second-order valence-electron chi connectivity index (χ2n) is 7.97. The van der Waals surface area contributed by atoms with Crippen LogP contribution in [0.5, 0.6) is 0 Å². The average Bonchev–Trinajstić information content (AvgIpc) is 2.83. The third-order valence-electron chi connectivity index (χ3n) is 6.40. The summed E-state index contributed by atoms with van der Waals surface area (Å²) in [4.78, 5) is 7.42. The van der Waals surface area contributed by atoms with Crippen molar-refractivity contribution in [3.05, 3.63) is 58.4 Å². The van der Waals surface area contributed by atoms with E-state index in [9.17, 15) is 0 Å². The van der Waals surface area contributed by atoms with Crippen LogP contribution in [0.2, 0.25) is 0 Å². The predicted molar refractivity (Wildman–Crippen MR) is 96.2 cm³/mol. The lowest BCUT2D eigenvalue weighted by Crippen LogP contribution is -2.49. The largest absolute Gasteiger partial charge is 0.357 e. The summed E-state index contributed by atoms with van der Waals surface area (Å²) in [6.07, 6.45) is 1.19. The standard InChI is InChI=1S/C21H26N2/c1-13-11-14(2)22-15(3)19(13)23-16(4)20(5)12-21(23,6)18-10-8-7-9-17(18)20/h7-11,16H,12H2,1-6H3/t16-,20?,21?/m0/s1. The molecule has 0 saturated carbocycles. The van der Waals surface area contributed by atoms with Gasteiger partial charge in [-0.05, 0) is 63.8 Å². The normalized spacial score (nSPS) is 31.6. The van der Waals surface area contributed by atoms with Crippen molar-refractivity contribution in [1.29, 1.82) is 0 Å². The zero-order valence-electron chi connectivity index (χ0n) is 15.1. The van der Waals surface area contributed by atoms with Crippen molar-refractivity contribution >= 4 is 5.69 Å². The molecule has 0 amide bonds. The SMILES string of the molecule is Cc1cc(C)c(N2[C@@H](C)C3(C)CC2(C)c2ccccc23)c(C)n1. The van der Waals surface area contributed by atoms with Crippen LogP contribution < -0.4 is 4.90 Å². The summed E-state index contributed by atoms with van der Waals surface area (Å²) in [6.45, 7) is 13.7. The molecule has 120 valence electrons. The third kappa shape index (κ3) is 1.67. The number of rotatable bonds is 1. The molecule has 0 spiro atoms. The van der Waals surface area contributed by atoms with Gasteiger partial charge in [-0.3, -0.25) is 4.98 Å². The summed E-state index contributed by atoms with van der Waals surface area (Å²) in [6, 6.07) is 11.7. The van der Waals surface area contributed by atoms with Gasteiger partial charge >= 0.3 is 0 Å². The molecule has 1 fully saturated rings. The average molecular weight is 306 g/mol. The molecule has 2 aliphatic rings. The molecule has 2 unspecified atom stereocenters. The molecule has 23 heavy (non-hydrogen) atoms. The van der Waals surface area contributed by atoms with Gasteiger partial charge in [-0.2, -0.15) is 0 Å². The van der Waals surface area contributed by atoms with Crippen molar-refractivity contribution in [2.75, 3.05) is 4.90 Å². The van der Waals surface area contributed by atoms with E-state index in [1.807, 2.05) is 0 Å². The van der Waals surface area contributed by atoms with Gasteiger partial charge in [-0.15, -0.1) is 0 Å². The van der Waals surface area contributed by atoms with Crippen LogP contribution in [-0.4, -0.2) is 11.0 Å². The smallest absolute Gasteiger partial charge is 0.0641 e. The molecule has 2 heteroatoms. The van der Waals surface area contributed by atoms with E-state index in [0.717, 1.165) is 11.4 Å². The number of hydrogen-bond acceptors (Lipinski definition) is 2. The van der Waals surface area contributed by atoms with Crippen LogP contribution in [0.1, 0.15) is 55.3 Å². The maximum Gasteiger partial charge on any atom is 0.0641 e. The van der Waals surface area contributed by atoms with Gasteiger partial charge < -0.3 is 4.90 Å². The summed E-state index contributed by atoms with van der Waals surface area (Å²) in [5, 5.41) is 0. The zero-order chi connectivity index (χ0) is 16.6. The Morgan fingerprint density at radius 3 is 2.39 bits per heavy atom. The van der Waals surface area contributed by atoms with E-state index in [-0.39, 0.29) is 11.0 Å². The first-order chi connectivity index (χ1) is 10.8. The Bertz CT molecular complexity index is 786. The molecule has 1 aliphatic carbocycles. The van der Waals surface area contributed by atoms with E-state index in [2.05, 4.69) is 76.8 Å². The van der Waals surface area contributed by atoms with Gasteiger partial charge in [0.25, 0.3) is 0 Å². The minimum atomic E-state index is 0.0667. The third-order valence-corrected chi connectivity index (χ3v) is 6.40. The Hall–Kier alpha value is -1.83. The topological polar surface area (TPSA) is 16.1 Å². The van der Waals surface area contributed by atoms with E-state index >= 15 is 0 Å². The molecule has 1 aromatic heterocycles. The zero-order valence-corrected chi connectivity index (χ0v) is 15.1. The van der Waals surface area contributed by atoms with Crippen LogP contribution in [0.3, 0.4) is 0 Å². The Labute approximate surface area is 139 Å². The van der Waals surface area contributed by atoms with Crippen molar-refractivity contribution in [3.63, 3.8) is 0 Å². The van der Waals surface area contributed by atoms with Crippen LogP contribution in [0.4, 0.5) is 5.69 Å². The molecule has 4 rings (SSSR count). The molecule has 2 nitrogen and oxygen atoms in total. The van der Waals surface area contributed by atoms with E-state index in [1.165, 1.54) is 23.2 Å². The molecular weight excluding hydrogens is 280 g/mol. The maximum atomic E-state index is 4.77. The van der Waals surface area contributed by atoms with Crippen molar-refractivity contribution in [1.82, 2.24) is 4.98 Å². The van der Waals surface area contributed by atoms with Crippen molar-refractivity contribution in [2.45, 2.75) is 65.0 Å². The number of anilines is 1. The van der Waals surface area contributed by atoms with Crippen molar-refractivity contribution in [3.8, 4) is 0 Å². The highest BCUT2D eigenvalue weighted by molar-refractivity contribution is 5.67. The Morgan fingerprint density at radius 2 is 1.74 bits per heavy atom. The summed E-state index contributed by atoms with van der Waals surface area (Å²) in [5.74, 6) is 0. The minimum Gasteiger partial charge on any atom is -0.357 e. The van der Waals surface area contributed by atoms with Crippen molar-refractivity contribution in [2.24, 2.45) is 0 Å². The van der Waals surface area contributed by atoms with Gasteiger partial charge in [-0.25, -0.2) is 0 Å². The lowest BCUT2D eigenvalue weighted by Gasteiger charge is -2.46. The Kier molecular flexibility index (Phi) is 2.80. The van der Waals surface area contributed by atoms with Gasteiger partial charge in [-0.1, -0.05) is 31.2 Å². The number of aromatic nitrogens is 1. The molecule has 0 radical (unpaired) electrons. The van der Waals surface area contributed by atoms with Crippen LogP contribution in [0, 0.1) is 20.8 Å². The Morgan fingerprint density at radius 1 is 1.09 bits per heavy atom. The van der Waals surface area contributed by atoms with Crippen molar-refractivity contribution < 1.29 is 0 Å². The van der Waals surface area contributed by atoms with Crippen LogP contribution in [0.25, 0.3) is 0 Å². The summed E-state index contributed by atoms with van der Waals surface area (Å²) < 4.78 is 0. The van der Waals surface area contributed by atoms with Gasteiger partial charge in [0.1, 0.15) is 0 Å². The molecule has 2 aromatic rings. The van der Waals surface area contributed by atoms with Gasteiger partial charge in [0.15, 0.2) is 0 Å². The van der Waals surface area contributed by atoms with Crippen LogP contribution in [-0.2, 0) is 11.0 Å². The second-order valence-corrected chi connectivity index (χ2v) is 7.97. The lowest BCUT2D eigenvalue weighted by atomic mass is 9.78. The number of fused-ring (bicyclic) bond motifs is 5. The molecule has 1 aromatic carbocycles. The van der Waals surface area contributed by atoms with Crippen LogP contribution in [0.15, 0.2) is 30.3 Å². The first kappa shape index (κ1) is 14.7. The maximum absolute atomic E-state index is 4.77. The minimum absolute atomic E-state index is 0.0667. The predicted octanol–water partition coefficient (Wildman–Crippen LogP) is 4.79. The number of nitrogens with zero attached hydrogens (tertiary/aromatic N) is 2. The number of hydrogen-bond donors (Lipinski definition) is 0. The molecular formula is C21H26N2. The number of aryl methyl sites for hydroxylation is 3. The quantitative estimate of drug-likeness (QED) is 0.753. The number of benzene rings is 1. The molecule has 3 atom stereocenters. The molecule has 1 saturated heterocycles. The van der Waals surface area contributed by atoms with Gasteiger partial charge in [0.05, 0.1) is 16.9 Å². The van der Waals surface area contributed by atoms with E-state index in [4.69, 9.17) is 4.98 Å². The highest BCUT2D eigenvalue weighted by Crippen LogP contribution is 2.62. The van der Waals surface area contributed by atoms with Crippen LogP contribution >= 0.6 is 0 Å². The fourth-order valence-electron chi connectivity index (χ4n) is 5.48. The molecule has 2 heterocycles. The second kappa shape index (κ2) is 4.37. The molecule has 0 N–H and O–H groups in total. The summed E-state index contributed by atoms with van der Waals surface area (Å²) >= 11 is 0. The van der Waals surface area contributed by atoms with Gasteiger partial charge in [0.2, 0.25) is 0 Å². The highest BCUT2D eigenvalue weighted by Gasteiger charge is 2.61. The van der Waals surface area contributed by atoms with E-state index in [0.29, 0.717) is 6.04 Å². The van der Waals surface area contributed by atoms with Gasteiger partial charge in [0, 0.05) is 17.2 Å². The fraction of sp³-hybridized carbons (Fsp3) is 0.476. The van der Waals surface area contributed by atoms with E-state index < -0.39 is 0 Å². The van der Waals surface area contributed by atoms with E-state index in [1.54, 1.807) is 5.56 Å². The molecule has 2 bridgehead atoms. The monoisotopic (exact) mass is 306 g/mol. The number of pyridine rings is 1. The fourth-order valence-corrected chi connectivity index (χ4v) is 5.48.